The second-order valence-electron chi connectivity index (χ2n) is 6.45. The van der Waals surface area contributed by atoms with Crippen molar-refractivity contribution in [2.75, 3.05) is 5.73 Å². The Morgan fingerprint density at radius 1 is 0.500 bits per heavy atom. The molecule has 1 aromatic rings. The molecule has 0 saturated heterocycles. The summed E-state index contributed by atoms with van der Waals surface area (Å²) in [7, 11) is -21.3. The first-order valence-electron chi connectivity index (χ1n) is 7.98. The van der Waals surface area contributed by atoms with Crippen LogP contribution in [0.2, 0.25) is 0 Å². The summed E-state index contributed by atoms with van der Waals surface area (Å²) in [4.78, 5) is 0. The standard InChI is InChI=1S/C10H15.C6H7N.2F6P.Rh/c1-6-7(2)9(4)10(5)8(6)3;7-6-4-2-1-3-5-6;2*1-7(2,3,4,5)6;/h1-5H3;1-5H,7H2;;;/q;;2*-1;+2. The molecule has 0 spiro atoms. The normalized spacial score (nSPS) is 18.7. The third kappa shape index (κ3) is 31.3. The van der Waals surface area contributed by atoms with Crippen molar-refractivity contribution in [2.24, 2.45) is 0 Å². The maximum atomic E-state index is 9.87. The molecule has 0 aliphatic heterocycles. The summed E-state index contributed by atoms with van der Waals surface area (Å²) in [6.45, 7) is 11.0. The molecule has 0 aromatic heterocycles. The monoisotopic (exact) mass is 621 g/mol. The van der Waals surface area contributed by atoms with Gasteiger partial charge >= 0.3 is 85.5 Å². The molecule has 0 unspecified atom stereocenters. The van der Waals surface area contributed by atoms with Crippen LogP contribution >= 0.6 is 15.6 Å². The SMILES string of the molecule is C[C]1C(C)=C(C)C(C)=C1C.F[P-](F)(F)(F)(F)F.F[P-](F)(F)(F)(F)F.Nc1ccccc1.[Rh+2]. The molecule has 2 rings (SSSR count). The Bertz CT molecular complexity index is 750. The van der Waals surface area contributed by atoms with Gasteiger partial charge in [0.25, 0.3) is 0 Å². The predicted octanol–water partition coefficient (Wildman–Crippen LogP) is 11.3. The first kappa shape index (κ1) is 35.7. The minimum atomic E-state index is -10.7. The molecular formula is C16H22F12NP2Rh. The van der Waals surface area contributed by atoms with Crippen molar-refractivity contribution >= 4 is 21.3 Å². The fraction of sp³-hybridized carbons (Fsp3) is 0.312. The number of rotatable bonds is 0. The van der Waals surface area contributed by atoms with Crippen LogP contribution in [0.15, 0.2) is 52.6 Å². The van der Waals surface area contributed by atoms with Gasteiger partial charge in [-0.25, -0.2) is 0 Å². The van der Waals surface area contributed by atoms with Crippen LogP contribution in [0.3, 0.4) is 0 Å². The fourth-order valence-corrected chi connectivity index (χ4v) is 1.86. The molecule has 1 aliphatic carbocycles. The molecule has 1 nitrogen and oxygen atoms in total. The Balaban J connectivity index is -0.000000352. The van der Waals surface area contributed by atoms with E-state index in [1.54, 1.807) is 0 Å². The zero-order chi connectivity index (χ0) is 25.8. The van der Waals surface area contributed by atoms with Gasteiger partial charge in [-0.15, -0.1) is 0 Å². The summed E-state index contributed by atoms with van der Waals surface area (Å²) < 4.78 is 118. The number of nitrogens with two attached hydrogens (primary N) is 1. The van der Waals surface area contributed by atoms with Crippen molar-refractivity contribution < 1.29 is 69.8 Å². The van der Waals surface area contributed by atoms with E-state index in [0.717, 1.165) is 5.69 Å². The summed E-state index contributed by atoms with van der Waals surface area (Å²) in [5, 5.41) is 0. The number of nitrogen functional groups attached to an aromatic ring is 1. The number of para-hydroxylation sites is 1. The van der Waals surface area contributed by atoms with Crippen LogP contribution in [0.25, 0.3) is 0 Å². The van der Waals surface area contributed by atoms with Crippen LogP contribution in [-0.2, 0) is 19.5 Å². The van der Waals surface area contributed by atoms with Gasteiger partial charge in [-0.1, -0.05) is 36.3 Å². The molecule has 0 amide bonds. The van der Waals surface area contributed by atoms with E-state index >= 15 is 0 Å². The van der Waals surface area contributed by atoms with Crippen LogP contribution in [0, 0.1) is 5.92 Å². The van der Waals surface area contributed by atoms with Crippen molar-refractivity contribution in [1.82, 2.24) is 0 Å². The molecule has 1 aliphatic rings. The number of anilines is 1. The Kier molecular flexibility index (Phi) is 10.5. The van der Waals surface area contributed by atoms with Gasteiger partial charge in [0.05, 0.1) is 0 Å². The van der Waals surface area contributed by atoms with Crippen molar-refractivity contribution in [2.45, 2.75) is 34.6 Å². The molecule has 0 atom stereocenters. The van der Waals surface area contributed by atoms with Gasteiger partial charge in [0.15, 0.2) is 0 Å². The number of halogens is 12. The van der Waals surface area contributed by atoms with Crippen molar-refractivity contribution in [3.63, 3.8) is 0 Å². The van der Waals surface area contributed by atoms with Gasteiger partial charge in [-0.2, -0.15) is 0 Å². The summed E-state index contributed by atoms with van der Waals surface area (Å²) in [5.74, 6) is 1.47. The largest absolute Gasteiger partial charge is 2.00 e. The molecule has 0 bridgehead atoms. The molecule has 0 heterocycles. The maximum absolute atomic E-state index is 10.7. The van der Waals surface area contributed by atoms with Crippen molar-refractivity contribution in [1.29, 1.82) is 0 Å². The smallest absolute Gasteiger partial charge is 0.399 e. The average Bonchev–Trinajstić information content (AvgIpc) is 2.60. The summed E-state index contributed by atoms with van der Waals surface area (Å²) in [6.07, 6.45) is 0. The maximum Gasteiger partial charge on any atom is 2.00 e. The van der Waals surface area contributed by atoms with Crippen LogP contribution in [0.4, 0.5) is 56.1 Å². The van der Waals surface area contributed by atoms with Crippen LogP contribution in [0.1, 0.15) is 34.6 Å². The first-order valence-corrected chi connectivity index (χ1v) is 12.0. The molecule has 16 heteroatoms. The Labute approximate surface area is 190 Å². The molecule has 1 aromatic carbocycles. The van der Waals surface area contributed by atoms with Gasteiger partial charge in [0.2, 0.25) is 0 Å². The van der Waals surface area contributed by atoms with Crippen LogP contribution in [-0.4, -0.2) is 0 Å². The van der Waals surface area contributed by atoms with Gasteiger partial charge in [-0.3, -0.25) is 0 Å². The summed E-state index contributed by atoms with van der Waals surface area (Å²) in [6, 6.07) is 9.49. The molecule has 0 saturated carbocycles. The number of hydrogen-bond acceptors (Lipinski definition) is 1. The minimum Gasteiger partial charge on any atom is -0.399 e. The minimum absolute atomic E-state index is 0. The van der Waals surface area contributed by atoms with E-state index < -0.39 is 15.6 Å². The third-order valence-electron chi connectivity index (χ3n) is 3.61. The van der Waals surface area contributed by atoms with Gasteiger partial charge < -0.3 is 5.73 Å². The van der Waals surface area contributed by atoms with Gasteiger partial charge in [0.1, 0.15) is 0 Å². The molecule has 2 radical (unpaired) electrons. The molecule has 2 N–H and O–H groups in total. The molecule has 0 fully saturated rings. The molecule has 194 valence electrons. The number of benzene rings is 1. The Morgan fingerprint density at radius 3 is 0.812 bits per heavy atom. The van der Waals surface area contributed by atoms with Gasteiger partial charge in [0, 0.05) is 11.6 Å². The molecule has 32 heavy (non-hydrogen) atoms. The fourth-order valence-electron chi connectivity index (χ4n) is 1.86. The topological polar surface area (TPSA) is 26.0 Å². The van der Waals surface area contributed by atoms with Gasteiger partial charge in [-0.05, 0) is 51.0 Å². The second kappa shape index (κ2) is 9.42. The van der Waals surface area contributed by atoms with E-state index in [9.17, 15) is 50.4 Å². The van der Waals surface area contributed by atoms with Crippen LogP contribution < -0.4 is 5.73 Å². The zero-order valence-electron chi connectivity index (χ0n) is 17.2. The van der Waals surface area contributed by atoms with E-state index in [1.807, 2.05) is 30.3 Å². The van der Waals surface area contributed by atoms with E-state index in [-0.39, 0.29) is 19.5 Å². The number of hydrogen-bond donors (Lipinski definition) is 1. The Hall–Kier alpha value is -0.857. The summed E-state index contributed by atoms with van der Waals surface area (Å²) >= 11 is 0. The van der Waals surface area contributed by atoms with Crippen molar-refractivity contribution in [3.05, 3.63) is 58.5 Å². The predicted molar refractivity (Wildman–Crippen MR) is 104 cm³/mol. The van der Waals surface area contributed by atoms with Crippen LogP contribution in [0.5, 0.6) is 0 Å². The second-order valence-corrected chi connectivity index (χ2v) is 10.3. The quantitative estimate of drug-likeness (QED) is 0.133. The zero-order valence-corrected chi connectivity index (χ0v) is 20.7. The van der Waals surface area contributed by atoms with E-state index in [4.69, 9.17) is 5.73 Å². The van der Waals surface area contributed by atoms with E-state index in [1.165, 1.54) is 28.2 Å². The first-order chi connectivity index (χ1) is 12.8. The van der Waals surface area contributed by atoms with E-state index in [2.05, 4.69) is 34.6 Å². The third-order valence-corrected chi connectivity index (χ3v) is 3.61. The Morgan fingerprint density at radius 2 is 0.719 bits per heavy atom. The summed E-state index contributed by atoms with van der Waals surface area (Å²) in [5.41, 5.74) is 12.0. The average molecular weight is 621 g/mol. The number of allylic oxidation sites excluding steroid dienone is 4. The van der Waals surface area contributed by atoms with E-state index in [0.29, 0.717) is 0 Å². The molecular weight excluding hydrogens is 599 g/mol. The van der Waals surface area contributed by atoms with Crippen molar-refractivity contribution in [3.8, 4) is 0 Å².